The van der Waals surface area contributed by atoms with Crippen molar-refractivity contribution in [1.29, 1.82) is 0 Å². The van der Waals surface area contributed by atoms with Crippen molar-refractivity contribution in [3.8, 4) is 11.5 Å². The van der Waals surface area contributed by atoms with E-state index in [0.29, 0.717) is 65.5 Å². The normalized spacial score (nSPS) is 44.9. The summed E-state index contributed by atoms with van der Waals surface area (Å²) in [6.07, 6.45) is 12.8. The Balaban J connectivity index is 0.000000163. The predicted octanol–water partition coefficient (Wildman–Crippen LogP) is 15.1. The van der Waals surface area contributed by atoms with Gasteiger partial charge in [-0.3, -0.25) is 20.2 Å². The van der Waals surface area contributed by atoms with Crippen LogP contribution in [0.3, 0.4) is 0 Å². The highest BCUT2D eigenvalue weighted by molar-refractivity contribution is 6.61. The molecule has 4 spiro atoms. The summed E-state index contributed by atoms with van der Waals surface area (Å²) in [7, 11) is 0. The Labute approximate surface area is 590 Å². The lowest BCUT2D eigenvalue weighted by Crippen LogP contribution is -2.60. The lowest BCUT2D eigenvalue weighted by atomic mass is 9.41. The number of aliphatic hydroxyl groups excluding tert-OH is 3. The fourth-order valence-electron chi connectivity index (χ4n) is 26.7. The molecule has 10 saturated carbocycles. The minimum Gasteiger partial charge on any atom is -0.430 e. The molecule has 0 radical (unpaired) electrons. The predicted molar refractivity (Wildman–Crippen MR) is 371 cm³/mol. The maximum atomic E-state index is 13.0. The molecule has 2 aromatic rings. The van der Waals surface area contributed by atoms with Crippen molar-refractivity contribution >= 4 is 34.6 Å². The Morgan fingerprint density at radius 1 is 0.566 bits per heavy atom. The molecule has 552 valence electrons. The second-order valence-corrected chi connectivity index (χ2v) is 36.8. The maximum absolute atomic E-state index is 13.0. The Morgan fingerprint density at radius 2 is 0.939 bits per heavy atom. The molecule has 5 N–H and O–H groups in total. The number of nitro benzene ring substituents is 2. The summed E-state index contributed by atoms with van der Waals surface area (Å²) in [4.78, 5) is 43.4. The van der Waals surface area contributed by atoms with E-state index in [1.54, 1.807) is 13.8 Å². The van der Waals surface area contributed by atoms with Gasteiger partial charge in [-0.15, -0.1) is 0 Å². The van der Waals surface area contributed by atoms with Gasteiger partial charge in [0.15, 0.2) is 0 Å². The SMILES string of the molecule is CCO[C@@H]([C@H]1C[C@@H](C)[C@H]2[C@H](O1)[C@H](O)[C@@]1(C)[C@@H]3CC[C@H]4C(C)(C)[C@@H](O)CC[C@@]45C[C@@]35CC[C@]21C)C(C)(C)O.CCO[C@@H]([C@H]1C[C@@H](C)[C@H]2[C@H](O1)[C@H](O)[C@@]1(C)[C@@H]3CC[C@H]4C(C)(C)[C@@H](OC(=O)Oc5ccc([N+](=O)[O-])cc5)CC[C@@]45C[C@@]35CC[C@]21C)C(C)(C)O.O=C(Cl)Oc1ccc([N+](=O)[O-])cc1. The van der Waals surface area contributed by atoms with Gasteiger partial charge in [-0.1, -0.05) is 69.2 Å². The first kappa shape index (κ1) is 74.6. The third kappa shape index (κ3) is 11.2. The summed E-state index contributed by atoms with van der Waals surface area (Å²) in [5, 5.41) is 79.0. The van der Waals surface area contributed by atoms with Crippen molar-refractivity contribution < 1.29 is 78.1 Å². The van der Waals surface area contributed by atoms with Gasteiger partial charge in [0, 0.05) is 65.3 Å². The number of non-ortho nitro benzene ring substituents is 2. The van der Waals surface area contributed by atoms with Crippen LogP contribution in [0.25, 0.3) is 0 Å². The van der Waals surface area contributed by atoms with Crippen LogP contribution in [0.1, 0.15) is 214 Å². The Morgan fingerprint density at radius 3 is 1.32 bits per heavy atom. The number of fused-ring (bicyclic) bond motifs is 8. The number of hydrogen-bond donors (Lipinski definition) is 5. The van der Waals surface area contributed by atoms with Gasteiger partial charge in [0.2, 0.25) is 0 Å². The minimum absolute atomic E-state index is 0.0209. The maximum Gasteiger partial charge on any atom is 0.514 e. The molecule has 2 saturated heterocycles. The van der Waals surface area contributed by atoms with Gasteiger partial charge in [0.05, 0.1) is 63.8 Å². The molecule has 10 aliphatic carbocycles. The topological polar surface area (TPSA) is 286 Å². The first-order valence-corrected chi connectivity index (χ1v) is 37.7. The Kier molecular flexibility index (Phi) is 19.1. The average molecular weight is 1400 g/mol. The average Bonchev–Trinajstić information content (AvgIpc) is 1.47. The van der Waals surface area contributed by atoms with Crippen LogP contribution >= 0.6 is 11.6 Å². The van der Waals surface area contributed by atoms with Crippen molar-refractivity contribution in [3.63, 3.8) is 0 Å². The number of carbonyl (C=O) groups excluding carboxylic acids is 2. The zero-order chi connectivity index (χ0) is 72.3. The van der Waals surface area contributed by atoms with Crippen LogP contribution < -0.4 is 9.47 Å². The molecule has 0 unspecified atom stereocenters. The molecule has 20 nitrogen and oxygen atoms in total. The second-order valence-electron chi connectivity index (χ2n) is 36.5. The summed E-state index contributed by atoms with van der Waals surface area (Å²) in [6.45, 7) is 35.7. The number of aliphatic hydroxyl groups is 5. The number of hydrogen-bond acceptors (Lipinski definition) is 18. The van der Waals surface area contributed by atoms with E-state index in [1.807, 2.05) is 27.7 Å². The van der Waals surface area contributed by atoms with Crippen LogP contribution in [-0.4, -0.2) is 132 Å². The summed E-state index contributed by atoms with van der Waals surface area (Å²) in [5.41, 5.74) is -3.00. The van der Waals surface area contributed by atoms with E-state index in [-0.39, 0.29) is 109 Å². The van der Waals surface area contributed by atoms with Crippen LogP contribution in [0.4, 0.5) is 21.0 Å². The molecule has 14 rings (SSSR count). The highest BCUT2D eigenvalue weighted by Crippen LogP contribution is 2.91. The molecule has 2 aromatic carbocycles. The van der Waals surface area contributed by atoms with Gasteiger partial charge in [0.1, 0.15) is 29.8 Å². The summed E-state index contributed by atoms with van der Waals surface area (Å²) in [5.74, 6) is 3.53. The highest BCUT2D eigenvalue weighted by atomic mass is 35.5. The lowest BCUT2D eigenvalue weighted by molar-refractivity contribution is -0.385. The zero-order valence-electron chi connectivity index (χ0n) is 61.6. The highest BCUT2D eigenvalue weighted by Gasteiger charge is 2.87. The van der Waals surface area contributed by atoms with Gasteiger partial charge in [-0.05, 0) is 254 Å². The molecule has 2 heterocycles. The summed E-state index contributed by atoms with van der Waals surface area (Å²) >= 11 is 4.92. The number of benzene rings is 2. The molecule has 12 aliphatic rings. The fourth-order valence-corrected chi connectivity index (χ4v) is 26.8. The van der Waals surface area contributed by atoms with Gasteiger partial charge in [0.25, 0.3) is 11.4 Å². The summed E-state index contributed by atoms with van der Waals surface area (Å²) < 4.78 is 41.9. The van der Waals surface area contributed by atoms with E-state index in [2.05, 4.69) is 74.0 Å². The number of nitro groups is 2. The van der Waals surface area contributed by atoms with Crippen LogP contribution in [-0.2, 0) is 23.7 Å². The van der Waals surface area contributed by atoms with E-state index in [1.165, 1.54) is 67.8 Å². The van der Waals surface area contributed by atoms with Crippen molar-refractivity contribution in [1.82, 2.24) is 0 Å². The van der Waals surface area contributed by atoms with E-state index in [4.69, 9.17) is 40.0 Å². The van der Waals surface area contributed by atoms with Crippen molar-refractivity contribution in [2.24, 2.45) is 101 Å². The van der Waals surface area contributed by atoms with Crippen LogP contribution in [0.15, 0.2) is 48.5 Å². The molecule has 0 amide bonds. The van der Waals surface area contributed by atoms with E-state index in [9.17, 15) is 55.4 Å². The molecule has 26 atom stereocenters. The molecular formula is C78H115ClN2O18. The number of nitrogens with zero attached hydrogens (tertiary/aromatic N) is 2. The van der Waals surface area contributed by atoms with Crippen LogP contribution in [0.5, 0.6) is 11.5 Å². The van der Waals surface area contributed by atoms with Gasteiger partial charge in [-0.2, -0.15) is 0 Å². The molecule has 12 fully saturated rings. The molecule has 0 aromatic heterocycles. The number of rotatable bonds is 13. The molecule has 0 bridgehead atoms. The first-order valence-electron chi connectivity index (χ1n) is 37.4. The molecule has 21 heteroatoms. The third-order valence-electron chi connectivity index (χ3n) is 31.1. The molecule has 2 aliphatic heterocycles. The van der Waals surface area contributed by atoms with Crippen LogP contribution in [0.2, 0.25) is 0 Å². The monoisotopic (exact) mass is 1400 g/mol. The van der Waals surface area contributed by atoms with E-state index in [0.717, 1.165) is 83.5 Å². The second kappa shape index (κ2) is 25.3. The minimum atomic E-state index is -1.06. The Hall–Kier alpha value is -4.09. The molecule has 99 heavy (non-hydrogen) atoms. The fraction of sp³-hybridized carbons (Fsp3) is 0.821. The van der Waals surface area contributed by atoms with Crippen LogP contribution in [0, 0.1) is 122 Å². The lowest BCUT2D eigenvalue weighted by Gasteiger charge is -2.63. The van der Waals surface area contributed by atoms with Gasteiger partial charge in [-0.25, -0.2) is 9.59 Å². The number of carbonyl (C=O) groups is 2. The van der Waals surface area contributed by atoms with Crippen molar-refractivity contribution in [3.05, 3.63) is 68.8 Å². The standard InChI is InChI=1S/C39H57NO9.C32H54O5.C7H4ClNO4/c1-9-46-32(35(5,6)43)25-20-22(2)29-30(48-25)31(41)37(8)27-15-14-26-34(3,4)28(16-17-38(26)21-39(27,38)19-18-36(29,37)7)49-33(42)47-24-12-10-23(11-13-24)40(44)45;1-9-36-26(28(5,6)35)19-16-18(2)23-24(37-19)25(34)30(8)21-11-10-20-27(3,4)22(33)12-13-31(20)17-32(21,31)15-14-29(23,30)7;8-7(10)13-6-3-1-5(2-4-6)9(11)12/h10-13,22,25-32,41,43H,9,14-21H2,1-8H3;18-26,33-35H,9-17H2,1-8H3;1-4H/t22-,25-,26+,27+,28+,29+,30+,31+,32+,36-,37-,38-,39+;18-,19-,20+,21+,22+,23+,24+,25+,26+,29-,30-,31-,32+;/m11./s1. The Bertz CT molecular complexity index is 3380. The molecular weight excluding hydrogens is 1290 g/mol. The number of ether oxygens (including phenoxy) is 7. The van der Waals surface area contributed by atoms with E-state index >= 15 is 0 Å². The first-order chi connectivity index (χ1) is 46.1. The van der Waals surface area contributed by atoms with Crippen molar-refractivity contribution in [2.75, 3.05) is 13.2 Å². The number of halogens is 1. The summed E-state index contributed by atoms with van der Waals surface area (Å²) in [6, 6.07) is 10.5. The smallest absolute Gasteiger partial charge is 0.430 e. The van der Waals surface area contributed by atoms with Gasteiger partial charge >= 0.3 is 11.6 Å². The quantitative estimate of drug-likeness (QED) is 0.0409. The largest absolute Gasteiger partial charge is 0.514 e. The zero-order valence-corrected chi connectivity index (χ0v) is 62.3. The van der Waals surface area contributed by atoms with E-state index < -0.39 is 57.0 Å². The van der Waals surface area contributed by atoms with Gasteiger partial charge < -0.3 is 58.7 Å². The third-order valence-corrected chi connectivity index (χ3v) is 31.1. The van der Waals surface area contributed by atoms with Crippen molar-refractivity contribution in [2.45, 2.75) is 286 Å².